The number of aromatic nitrogens is 2. The van der Waals surface area contributed by atoms with Gasteiger partial charge in [-0.2, -0.15) is 5.26 Å². The van der Waals surface area contributed by atoms with Gasteiger partial charge in [-0.05, 0) is 89.0 Å². The van der Waals surface area contributed by atoms with Crippen molar-refractivity contribution < 1.29 is 24.0 Å². The number of rotatable bonds is 5. The first kappa shape index (κ1) is 32.3. The zero-order valence-electron chi connectivity index (χ0n) is 28.1. The number of imidazole rings is 1. The topological polar surface area (TPSA) is 145 Å². The lowest BCUT2D eigenvalue weighted by atomic mass is 9.34. The van der Waals surface area contributed by atoms with E-state index in [9.17, 15) is 29.8 Å². The Kier molecular flexibility index (Phi) is 7.17. The first-order valence-corrected chi connectivity index (χ1v) is 16.6. The molecule has 246 valence electrons. The molecule has 1 aromatic heterocycles. The van der Waals surface area contributed by atoms with Gasteiger partial charge in [0.25, 0.3) is 0 Å². The van der Waals surface area contributed by atoms with Crippen LogP contribution in [0.2, 0.25) is 0 Å². The minimum Gasteiger partial charge on any atom is -0.463 e. The number of ketones is 2. The van der Waals surface area contributed by atoms with Crippen LogP contribution in [0.3, 0.4) is 0 Å². The van der Waals surface area contributed by atoms with E-state index in [1.807, 2.05) is 26.0 Å². The van der Waals surface area contributed by atoms with E-state index in [2.05, 4.69) is 45.7 Å². The fraction of sp³-hybridized carbons (Fsp3) is 0.694. The highest BCUT2D eigenvalue weighted by molar-refractivity contribution is 6.04. The monoisotopic (exact) mass is 630 g/mol. The summed E-state index contributed by atoms with van der Waals surface area (Å²) in [6, 6.07) is 2.16. The van der Waals surface area contributed by atoms with E-state index in [0.29, 0.717) is 19.3 Å². The van der Waals surface area contributed by atoms with Gasteiger partial charge in [0.15, 0.2) is 11.6 Å². The van der Waals surface area contributed by atoms with Crippen LogP contribution in [-0.2, 0) is 25.7 Å². The summed E-state index contributed by atoms with van der Waals surface area (Å²) < 4.78 is 7.50. The fourth-order valence-corrected chi connectivity index (χ4v) is 10.9. The second-order valence-corrected chi connectivity index (χ2v) is 16.8. The van der Waals surface area contributed by atoms with Crippen molar-refractivity contribution in [1.82, 2.24) is 9.55 Å². The average Bonchev–Trinajstić information content (AvgIpc) is 3.45. The molecule has 46 heavy (non-hydrogen) atoms. The Morgan fingerprint density at radius 1 is 1.11 bits per heavy atom. The number of allylic oxidation sites excluding steroid dienone is 4. The molecule has 0 aromatic carbocycles. The first-order chi connectivity index (χ1) is 21.4. The quantitative estimate of drug-likeness (QED) is 0.202. The number of hydrogen-bond donors (Lipinski definition) is 0. The summed E-state index contributed by atoms with van der Waals surface area (Å²) in [4.78, 5) is 56.4. The molecular formula is C36H46N4O6. The Bertz CT molecular complexity index is 1640. The second kappa shape index (κ2) is 10.2. The fourth-order valence-electron chi connectivity index (χ4n) is 10.9. The van der Waals surface area contributed by atoms with E-state index >= 15 is 0 Å². The Labute approximate surface area is 270 Å². The molecule has 0 unspecified atom stereocenters. The van der Waals surface area contributed by atoms with E-state index in [1.54, 1.807) is 4.57 Å². The number of ether oxygens (including phenoxy) is 1. The van der Waals surface area contributed by atoms with E-state index in [-0.39, 0.29) is 70.7 Å². The molecule has 10 heteroatoms. The highest BCUT2D eigenvalue weighted by atomic mass is 16.6. The Hall–Kier alpha value is -3.61. The van der Waals surface area contributed by atoms with E-state index in [1.165, 1.54) is 12.5 Å². The van der Waals surface area contributed by atoms with Crippen molar-refractivity contribution >= 4 is 23.4 Å². The van der Waals surface area contributed by atoms with Gasteiger partial charge < -0.3 is 19.4 Å². The van der Waals surface area contributed by atoms with Crippen molar-refractivity contribution in [1.29, 1.82) is 5.26 Å². The molecule has 5 aliphatic carbocycles. The molecule has 0 bridgehead atoms. The van der Waals surface area contributed by atoms with Crippen LogP contribution in [0.1, 0.15) is 93.4 Å². The van der Waals surface area contributed by atoms with Gasteiger partial charge in [0.2, 0.25) is 6.33 Å². The van der Waals surface area contributed by atoms with Gasteiger partial charge in [-0.25, -0.2) is 0 Å². The number of carbonyl (C=O) groups excluding carboxylic acids is 3. The minimum atomic E-state index is -0.785. The highest BCUT2D eigenvalue weighted by Crippen LogP contribution is 2.74. The summed E-state index contributed by atoms with van der Waals surface area (Å²) in [5.41, 5.74) is -1.74. The standard InChI is InChI=1S/C36H46N4O6/c1-31(2)10-12-36(30(43)46-15-14-39-20-27(38-21-39)40(44)45)13-11-35(7)28(23(36)18-31)24(41)16-26-33(5)17-22(19-37)29(42)32(3,4)25(33)8-9-34(26,35)6/h16-17,20-21,23,25,28H,8-15,18H2,1-7H3/t23-,25-,28-,33-,34+,35+,36-/m0/s1. The maximum Gasteiger partial charge on any atom is 0.381 e. The zero-order valence-corrected chi connectivity index (χ0v) is 28.1. The second-order valence-electron chi connectivity index (χ2n) is 16.8. The van der Waals surface area contributed by atoms with Crippen LogP contribution >= 0.6 is 0 Å². The van der Waals surface area contributed by atoms with Gasteiger partial charge >= 0.3 is 11.8 Å². The largest absolute Gasteiger partial charge is 0.463 e. The number of carbonyl (C=O) groups is 3. The van der Waals surface area contributed by atoms with Crippen LogP contribution in [0.4, 0.5) is 5.82 Å². The van der Waals surface area contributed by atoms with Crippen molar-refractivity contribution in [3.05, 3.63) is 45.9 Å². The predicted molar refractivity (Wildman–Crippen MR) is 169 cm³/mol. The average molecular weight is 631 g/mol. The maximum absolute atomic E-state index is 14.7. The van der Waals surface area contributed by atoms with Crippen molar-refractivity contribution in [2.45, 2.75) is 100.0 Å². The van der Waals surface area contributed by atoms with Crippen LogP contribution in [-0.4, -0.2) is 38.6 Å². The van der Waals surface area contributed by atoms with Crippen molar-refractivity contribution in [2.24, 2.45) is 50.2 Å². The molecule has 7 atom stereocenters. The molecule has 0 radical (unpaired) electrons. The van der Waals surface area contributed by atoms with E-state index in [0.717, 1.165) is 31.3 Å². The van der Waals surface area contributed by atoms with Gasteiger partial charge in [0.05, 0.1) is 17.5 Å². The van der Waals surface area contributed by atoms with E-state index in [4.69, 9.17) is 4.74 Å². The van der Waals surface area contributed by atoms with Gasteiger partial charge in [-0.1, -0.05) is 60.1 Å². The Morgan fingerprint density at radius 2 is 1.80 bits per heavy atom. The number of nitro groups is 1. The molecule has 3 fully saturated rings. The van der Waals surface area contributed by atoms with Crippen molar-refractivity contribution in [3.63, 3.8) is 0 Å². The number of esters is 1. The number of Topliss-reactive ketones (excluding diaryl/α,β-unsaturated/α-hetero) is 1. The molecule has 0 spiro atoms. The minimum absolute atomic E-state index is 0.0277. The van der Waals surface area contributed by atoms with Gasteiger partial charge in [0.1, 0.15) is 18.9 Å². The molecule has 1 heterocycles. The summed E-state index contributed by atoms with van der Waals surface area (Å²) in [5, 5.41) is 21.0. The lowest BCUT2D eigenvalue weighted by Gasteiger charge is -2.68. The number of hydrogen-bond acceptors (Lipinski definition) is 8. The summed E-state index contributed by atoms with van der Waals surface area (Å²) >= 11 is 0. The third kappa shape index (κ3) is 4.32. The van der Waals surface area contributed by atoms with Crippen LogP contribution in [0, 0.1) is 71.7 Å². The summed E-state index contributed by atoms with van der Waals surface area (Å²) in [5.74, 6) is -1.20. The molecule has 10 nitrogen and oxygen atoms in total. The Balaban J connectivity index is 1.37. The molecule has 6 rings (SSSR count). The smallest absolute Gasteiger partial charge is 0.381 e. The highest BCUT2D eigenvalue weighted by Gasteiger charge is 2.71. The normalized spacial score (nSPS) is 39.0. The van der Waals surface area contributed by atoms with Crippen LogP contribution in [0.5, 0.6) is 0 Å². The molecule has 0 N–H and O–H groups in total. The molecule has 0 amide bonds. The maximum atomic E-state index is 14.7. The van der Waals surface area contributed by atoms with Crippen LogP contribution < -0.4 is 0 Å². The number of fused-ring (bicyclic) bond motifs is 7. The van der Waals surface area contributed by atoms with Gasteiger partial charge in [-0.15, -0.1) is 0 Å². The third-order valence-electron chi connectivity index (χ3n) is 13.7. The molecule has 1 aromatic rings. The van der Waals surface area contributed by atoms with Gasteiger partial charge in [0, 0.05) is 16.7 Å². The molecule has 5 aliphatic rings. The summed E-state index contributed by atoms with van der Waals surface area (Å²) in [6.45, 7) is 15.3. The molecule has 3 saturated carbocycles. The Morgan fingerprint density at radius 3 is 2.46 bits per heavy atom. The lowest BCUT2D eigenvalue weighted by molar-refractivity contribution is -0.389. The summed E-state index contributed by atoms with van der Waals surface area (Å²) in [6.07, 6.45) is 11.6. The van der Waals surface area contributed by atoms with Crippen LogP contribution in [0.15, 0.2) is 35.8 Å². The number of nitriles is 1. The van der Waals surface area contributed by atoms with Crippen molar-refractivity contribution in [3.8, 4) is 6.07 Å². The predicted octanol–water partition coefficient (Wildman–Crippen LogP) is 6.55. The lowest BCUT2D eigenvalue weighted by Crippen LogP contribution is -2.66. The van der Waals surface area contributed by atoms with Gasteiger partial charge in [-0.3, -0.25) is 14.4 Å². The third-order valence-corrected chi connectivity index (χ3v) is 13.7. The van der Waals surface area contributed by atoms with Crippen molar-refractivity contribution in [2.75, 3.05) is 6.61 Å². The SMILES string of the molecule is CC1(C)CC[C@]2(C(=O)OCCn3cnc([N+](=O)[O-])c3)CC[C@]3(C)[C@H](C(=O)C=C4[C@@]5(C)C=C(C#N)C(=O)C(C)(C)[C@@H]5CC[C@]43C)[C@@H]2C1. The summed E-state index contributed by atoms with van der Waals surface area (Å²) in [7, 11) is 0. The van der Waals surface area contributed by atoms with E-state index < -0.39 is 26.6 Å². The van der Waals surface area contributed by atoms with Crippen LogP contribution in [0.25, 0.3) is 0 Å². The molecular weight excluding hydrogens is 584 g/mol. The molecule has 0 aliphatic heterocycles. The zero-order chi connectivity index (χ0) is 33.7. The molecule has 0 saturated heterocycles. The first-order valence-electron chi connectivity index (χ1n) is 16.6. The number of nitrogens with zero attached hydrogens (tertiary/aromatic N) is 4.